The molecule has 0 spiro atoms. The normalized spacial score (nSPS) is 13.4. The van der Waals surface area contributed by atoms with Gasteiger partial charge in [0.15, 0.2) is 0 Å². The van der Waals surface area contributed by atoms with Crippen LogP contribution in [0.25, 0.3) is 0 Å². The summed E-state index contributed by atoms with van der Waals surface area (Å²) in [4.78, 5) is 10.7. The summed E-state index contributed by atoms with van der Waals surface area (Å²) in [5, 5.41) is 18.2. The summed E-state index contributed by atoms with van der Waals surface area (Å²) in [7, 11) is -4.09. The Balaban J connectivity index is 3.28. The summed E-state index contributed by atoms with van der Waals surface area (Å²) < 4.78 is 26.8. The average molecular weight is 302 g/mol. The first-order valence-corrected chi connectivity index (χ1v) is 7.43. The second kappa shape index (κ2) is 6.21. The van der Waals surface area contributed by atoms with Crippen molar-refractivity contribution in [2.75, 3.05) is 12.3 Å². The van der Waals surface area contributed by atoms with E-state index in [0.717, 1.165) is 12.1 Å². The van der Waals surface area contributed by atoms with Crippen LogP contribution in [0.1, 0.15) is 24.2 Å². The number of aliphatic hydroxyl groups is 1. The fraction of sp³-hybridized carbons (Fsp3) is 0.417. The largest absolute Gasteiger partial charge is 0.478 e. The maximum atomic E-state index is 12.2. The Bertz CT molecular complexity index is 598. The third-order valence-electron chi connectivity index (χ3n) is 2.83. The number of hydrogen-bond donors (Lipinski definition) is 4. The van der Waals surface area contributed by atoms with Gasteiger partial charge in [0.05, 0.1) is 17.1 Å². The minimum absolute atomic E-state index is 0.139. The van der Waals surface area contributed by atoms with Crippen LogP contribution < -0.4 is 10.5 Å². The predicted molar refractivity (Wildman–Crippen MR) is 73.8 cm³/mol. The highest BCUT2D eigenvalue weighted by atomic mass is 32.2. The molecule has 0 saturated carbocycles. The third kappa shape index (κ3) is 3.69. The van der Waals surface area contributed by atoms with Crippen molar-refractivity contribution in [3.05, 3.63) is 23.8 Å². The van der Waals surface area contributed by atoms with Crippen molar-refractivity contribution in [3.63, 3.8) is 0 Å². The van der Waals surface area contributed by atoms with Gasteiger partial charge >= 0.3 is 5.97 Å². The van der Waals surface area contributed by atoms with Gasteiger partial charge in [-0.1, -0.05) is 13.8 Å². The van der Waals surface area contributed by atoms with Crippen LogP contribution >= 0.6 is 0 Å². The fourth-order valence-electron chi connectivity index (χ4n) is 1.58. The maximum Gasteiger partial charge on any atom is 0.337 e. The number of carboxylic acid groups (broad SMARTS) is 1. The van der Waals surface area contributed by atoms with Crippen LogP contribution in [-0.4, -0.2) is 37.2 Å². The van der Waals surface area contributed by atoms with Crippen LogP contribution in [-0.2, 0) is 10.0 Å². The van der Waals surface area contributed by atoms with E-state index < -0.39 is 26.9 Å². The second-order valence-corrected chi connectivity index (χ2v) is 6.40. The number of hydrogen-bond acceptors (Lipinski definition) is 5. The highest BCUT2D eigenvalue weighted by Crippen LogP contribution is 2.20. The average Bonchev–Trinajstić information content (AvgIpc) is 2.35. The molecule has 0 aliphatic carbocycles. The molecule has 5 N–H and O–H groups in total. The SMILES string of the molecule is CC(C)[C@@H](CO)NS(=O)(=O)c1cc(N)ccc1C(=O)O. The standard InChI is InChI=1S/C12H18N2O5S/c1-7(2)10(6-15)14-20(18,19)11-5-8(13)3-4-9(11)12(16)17/h3-5,7,10,14-15H,6,13H2,1-2H3,(H,16,17)/t10-/m1/s1. The van der Waals surface area contributed by atoms with Crippen molar-refractivity contribution in [1.82, 2.24) is 4.72 Å². The highest BCUT2D eigenvalue weighted by Gasteiger charge is 2.26. The Hall–Kier alpha value is -1.64. The molecule has 20 heavy (non-hydrogen) atoms. The number of aromatic carboxylic acids is 1. The van der Waals surface area contributed by atoms with Gasteiger partial charge in [0.1, 0.15) is 0 Å². The number of sulfonamides is 1. The van der Waals surface area contributed by atoms with Gasteiger partial charge in [-0.25, -0.2) is 17.9 Å². The molecule has 0 aliphatic rings. The van der Waals surface area contributed by atoms with Crippen molar-refractivity contribution in [2.45, 2.75) is 24.8 Å². The number of anilines is 1. The van der Waals surface area contributed by atoms with E-state index in [1.165, 1.54) is 6.07 Å². The molecule has 1 atom stereocenters. The highest BCUT2D eigenvalue weighted by molar-refractivity contribution is 7.89. The van der Waals surface area contributed by atoms with E-state index in [1.807, 2.05) is 0 Å². The molecule has 0 fully saturated rings. The first-order chi connectivity index (χ1) is 9.19. The third-order valence-corrected chi connectivity index (χ3v) is 4.36. The van der Waals surface area contributed by atoms with Gasteiger partial charge in [0, 0.05) is 11.7 Å². The molecule has 0 amide bonds. The minimum Gasteiger partial charge on any atom is -0.478 e. The molecule has 7 nitrogen and oxygen atoms in total. The van der Waals surface area contributed by atoms with E-state index in [-0.39, 0.29) is 23.8 Å². The molecular weight excluding hydrogens is 284 g/mol. The van der Waals surface area contributed by atoms with Crippen molar-refractivity contribution >= 4 is 21.7 Å². The van der Waals surface area contributed by atoms with E-state index >= 15 is 0 Å². The van der Waals surface area contributed by atoms with Crippen LogP contribution in [0.3, 0.4) is 0 Å². The van der Waals surface area contributed by atoms with Gasteiger partial charge in [-0.05, 0) is 24.1 Å². The Morgan fingerprint density at radius 2 is 2.00 bits per heavy atom. The fourth-order valence-corrected chi connectivity index (χ4v) is 3.19. The number of carboxylic acids is 1. The molecule has 8 heteroatoms. The van der Waals surface area contributed by atoms with Crippen molar-refractivity contribution < 1.29 is 23.4 Å². The van der Waals surface area contributed by atoms with Gasteiger partial charge in [-0.15, -0.1) is 0 Å². The summed E-state index contributed by atoms with van der Waals surface area (Å²) in [6.45, 7) is 3.09. The first kappa shape index (κ1) is 16.4. The van der Waals surface area contributed by atoms with Crippen molar-refractivity contribution in [1.29, 1.82) is 0 Å². The van der Waals surface area contributed by atoms with Crippen molar-refractivity contribution in [2.24, 2.45) is 5.92 Å². The second-order valence-electron chi connectivity index (χ2n) is 4.72. The molecule has 0 radical (unpaired) electrons. The van der Waals surface area contributed by atoms with Gasteiger partial charge in [0.25, 0.3) is 0 Å². The summed E-state index contributed by atoms with van der Waals surface area (Å²) in [5.74, 6) is -1.51. The molecule has 0 unspecified atom stereocenters. The molecular formula is C12H18N2O5S. The molecule has 0 aliphatic heterocycles. The van der Waals surface area contributed by atoms with Gasteiger partial charge < -0.3 is 15.9 Å². The number of nitrogens with one attached hydrogen (secondary N) is 1. The van der Waals surface area contributed by atoms with Crippen LogP contribution in [0.5, 0.6) is 0 Å². The Morgan fingerprint density at radius 3 is 2.45 bits per heavy atom. The number of rotatable bonds is 6. The lowest BCUT2D eigenvalue weighted by Gasteiger charge is -2.20. The lowest BCUT2D eigenvalue weighted by atomic mass is 10.1. The summed E-state index contributed by atoms with van der Waals surface area (Å²) in [6, 6.07) is 2.83. The molecule has 0 aromatic heterocycles. The molecule has 1 rings (SSSR count). The molecule has 0 saturated heterocycles. The van der Waals surface area contributed by atoms with E-state index in [4.69, 9.17) is 10.8 Å². The van der Waals surface area contributed by atoms with Gasteiger partial charge in [-0.3, -0.25) is 0 Å². The van der Waals surface area contributed by atoms with E-state index in [9.17, 15) is 18.3 Å². The van der Waals surface area contributed by atoms with Crippen LogP contribution in [0.15, 0.2) is 23.1 Å². The zero-order valence-corrected chi connectivity index (χ0v) is 12.0. The first-order valence-electron chi connectivity index (χ1n) is 5.95. The van der Waals surface area contributed by atoms with Gasteiger partial charge in [-0.2, -0.15) is 0 Å². The smallest absolute Gasteiger partial charge is 0.337 e. The lowest BCUT2D eigenvalue weighted by Crippen LogP contribution is -2.41. The zero-order valence-electron chi connectivity index (χ0n) is 11.2. The van der Waals surface area contributed by atoms with Crippen LogP contribution in [0.4, 0.5) is 5.69 Å². The Labute approximate surface area is 117 Å². The van der Waals surface area contributed by atoms with E-state index in [2.05, 4.69) is 4.72 Å². The van der Waals surface area contributed by atoms with E-state index in [0.29, 0.717) is 0 Å². The van der Waals surface area contributed by atoms with Crippen LogP contribution in [0, 0.1) is 5.92 Å². The molecule has 112 valence electrons. The molecule has 0 heterocycles. The quantitative estimate of drug-likeness (QED) is 0.558. The zero-order chi connectivity index (χ0) is 15.5. The molecule has 1 aromatic rings. The van der Waals surface area contributed by atoms with Gasteiger partial charge in [0.2, 0.25) is 10.0 Å². The number of aliphatic hydroxyl groups excluding tert-OH is 1. The lowest BCUT2D eigenvalue weighted by molar-refractivity contribution is 0.0692. The van der Waals surface area contributed by atoms with Crippen LogP contribution in [0.2, 0.25) is 0 Å². The topological polar surface area (TPSA) is 130 Å². The van der Waals surface area contributed by atoms with Crippen molar-refractivity contribution in [3.8, 4) is 0 Å². The Kier molecular flexibility index (Phi) is 5.09. The predicted octanol–water partition coefficient (Wildman–Crippen LogP) is 0.262. The number of nitrogen functional groups attached to an aromatic ring is 1. The summed E-state index contributed by atoms with van der Waals surface area (Å²) in [5.41, 5.74) is 5.28. The summed E-state index contributed by atoms with van der Waals surface area (Å²) in [6.07, 6.45) is 0. The minimum atomic E-state index is -4.09. The molecule has 1 aromatic carbocycles. The summed E-state index contributed by atoms with van der Waals surface area (Å²) >= 11 is 0. The maximum absolute atomic E-state index is 12.2. The number of carbonyl (C=O) groups is 1. The monoisotopic (exact) mass is 302 g/mol. The Morgan fingerprint density at radius 1 is 1.40 bits per heavy atom. The molecule has 0 bridgehead atoms. The number of benzene rings is 1. The number of nitrogens with two attached hydrogens (primary N) is 1. The van der Waals surface area contributed by atoms with E-state index in [1.54, 1.807) is 13.8 Å².